The Morgan fingerprint density at radius 2 is 2.58 bits per heavy atom. The molecule has 12 heavy (non-hydrogen) atoms. The predicted molar refractivity (Wildman–Crippen MR) is 43.6 cm³/mol. The van der Waals surface area contributed by atoms with E-state index in [2.05, 4.69) is 4.99 Å². The van der Waals surface area contributed by atoms with Gasteiger partial charge in [-0.2, -0.15) is 0 Å². The Bertz CT molecular complexity index is 315. The van der Waals surface area contributed by atoms with Crippen molar-refractivity contribution in [1.29, 1.82) is 0 Å². The molecule has 1 unspecified atom stereocenters. The van der Waals surface area contributed by atoms with Gasteiger partial charge < -0.3 is 10.5 Å². The number of rotatable bonds is 1. The van der Waals surface area contributed by atoms with Crippen LogP contribution in [0.25, 0.3) is 0 Å². The third kappa shape index (κ3) is 0.922. The molecule has 0 saturated heterocycles. The van der Waals surface area contributed by atoms with Gasteiger partial charge in [-0.25, -0.2) is 0 Å². The molecule has 0 bridgehead atoms. The second-order valence-corrected chi connectivity index (χ2v) is 2.66. The molecule has 0 aromatic carbocycles. The van der Waals surface area contributed by atoms with Gasteiger partial charge in [0.25, 0.3) is 5.91 Å². The van der Waals surface area contributed by atoms with Gasteiger partial charge in [-0.05, 0) is 6.08 Å². The van der Waals surface area contributed by atoms with Crippen molar-refractivity contribution in [3.8, 4) is 0 Å². The maximum atomic E-state index is 10.8. The molecule has 2 rings (SSSR count). The molecule has 2 heterocycles. The number of fused-ring (bicyclic) bond motifs is 1. The lowest BCUT2D eigenvalue weighted by atomic mass is 10.0. The van der Waals surface area contributed by atoms with Crippen LogP contribution >= 0.6 is 0 Å². The van der Waals surface area contributed by atoms with E-state index in [9.17, 15) is 4.79 Å². The Morgan fingerprint density at radius 1 is 1.75 bits per heavy atom. The Balaban J connectivity index is 2.34. The average molecular weight is 164 g/mol. The van der Waals surface area contributed by atoms with Crippen LogP contribution in [0.2, 0.25) is 0 Å². The number of nitrogens with two attached hydrogens (primary N) is 1. The van der Waals surface area contributed by atoms with Crippen LogP contribution in [-0.4, -0.2) is 24.8 Å². The van der Waals surface area contributed by atoms with E-state index >= 15 is 0 Å². The van der Waals surface area contributed by atoms with Crippen LogP contribution in [0.15, 0.2) is 28.5 Å². The first-order valence-electron chi connectivity index (χ1n) is 3.65. The van der Waals surface area contributed by atoms with Crippen molar-refractivity contribution in [3.05, 3.63) is 23.5 Å². The number of dihydropyridines is 1. The summed E-state index contributed by atoms with van der Waals surface area (Å²) in [6.45, 7) is 0.569. The predicted octanol–water partition coefficient (Wildman–Crippen LogP) is -0.235. The van der Waals surface area contributed by atoms with Crippen LogP contribution in [0, 0.1) is 0 Å². The second kappa shape index (κ2) is 2.48. The minimum atomic E-state index is -0.445. The number of allylic oxidation sites excluding steroid dienone is 1. The Hall–Kier alpha value is -1.58. The van der Waals surface area contributed by atoms with Crippen LogP contribution in [-0.2, 0) is 9.53 Å². The van der Waals surface area contributed by atoms with Gasteiger partial charge in [0.15, 0.2) is 0 Å². The standard InChI is InChI=1S/C8H8N2O2/c9-8(11)6-4-12-7-3-10-2-1-5(6)7/h1-2,4,7H,3H2,(H2,9,11). The smallest absolute Gasteiger partial charge is 0.252 e. The number of primary amides is 1. The van der Waals surface area contributed by atoms with Crippen LogP contribution in [0.5, 0.6) is 0 Å². The molecular formula is C8H8N2O2. The third-order valence-corrected chi connectivity index (χ3v) is 1.90. The van der Waals surface area contributed by atoms with Gasteiger partial charge in [0, 0.05) is 11.8 Å². The Kier molecular flexibility index (Phi) is 1.46. The van der Waals surface area contributed by atoms with Crippen molar-refractivity contribution in [3.63, 3.8) is 0 Å². The first-order valence-corrected chi connectivity index (χ1v) is 3.65. The molecule has 62 valence electrons. The van der Waals surface area contributed by atoms with Gasteiger partial charge in [0.05, 0.1) is 18.4 Å². The van der Waals surface area contributed by atoms with Gasteiger partial charge in [-0.1, -0.05) is 0 Å². The van der Waals surface area contributed by atoms with Crippen molar-refractivity contribution in [1.82, 2.24) is 0 Å². The topological polar surface area (TPSA) is 64.7 Å². The average Bonchev–Trinajstić information content (AvgIpc) is 2.47. The normalized spacial score (nSPS) is 25.5. The van der Waals surface area contributed by atoms with Gasteiger partial charge in [-0.3, -0.25) is 9.79 Å². The summed E-state index contributed by atoms with van der Waals surface area (Å²) in [7, 11) is 0. The summed E-state index contributed by atoms with van der Waals surface area (Å²) in [4.78, 5) is 14.8. The lowest BCUT2D eigenvalue weighted by molar-refractivity contribution is -0.114. The minimum absolute atomic E-state index is 0.0995. The lowest BCUT2D eigenvalue weighted by Gasteiger charge is -2.12. The van der Waals surface area contributed by atoms with E-state index < -0.39 is 5.91 Å². The summed E-state index contributed by atoms with van der Waals surface area (Å²) in [6, 6.07) is 0. The van der Waals surface area contributed by atoms with Crippen LogP contribution < -0.4 is 5.73 Å². The van der Waals surface area contributed by atoms with Crippen LogP contribution in [0.4, 0.5) is 0 Å². The highest BCUT2D eigenvalue weighted by molar-refractivity contribution is 5.98. The zero-order valence-corrected chi connectivity index (χ0v) is 6.36. The summed E-state index contributed by atoms with van der Waals surface area (Å²) in [5, 5.41) is 0. The van der Waals surface area contributed by atoms with E-state index in [1.807, 2.05) is 0 Å². The summed E-state index contributed by atoms with van der Waals surface area (Å²) < 4.78 is 5.19. The summed E-state index contributed by atoms with van der Waals surface area (Å²) >= 11 is 0. The quantitative estimate of drug-likeness (QED) is 0.581. The van der Waals surface area contributed by atoms with Crippen LogP contribution in [0.1, 0.15) is 0 Å². The Labute approximate surface area is 69.4 Å². The SMILES string of the molecule is NC(=O)C1=COC2CN=CC=C12. The molecule has 0 aromatic heterocycles. The number of hydrogen-bond acceptors (Lipinski definition) is 3. The van der Waals surface area contributed by atoms with E-state index in [0.717, 1.165) is 5.57 Å². The highest BCUT2D eigenvalue weighted by Gasteiger charge is 2.28. The zero-order valence-electron chi connectivity index (χ0n) is 6.36. The van der Waals surface area contributed by atoms with E-state index in [4.69, 9.17) is 10.5 Å². The van der Waals surface area contributed by atoms with Gasteiger partial charge in [-0.15, -0.1) is 0 Å². The molecule has 2 N–H and O–H groups in total. The number of hydrogen-bond donors (Lipinski definition) is 1. The van der Waals surface area contributed by atoms with Crippen molar-refractivity contribution in [2.45, 2.75) is 6.10 Å². The largest absolute Gasteiger partial charge is 0.491 e. The number of amides is 1. The molecule has 4 heteroatoms. The van der Waals surface area contributed by atoms with E-state index in [0.29, 0.717) is 12.1 Å². The summed E-state index contributed by atoms with van der Waals surface area (Å²) in [6.07, 6.45) is 4.74. The fourth-order valence-electron chi connectivity index (χ4n) is 1.29. The number of nitrogens with zero attached hydrogens (tertiary/aromatic N) is 1. The highest BCUT2D eigenvalue weighted by Crippen LogP contribution is 2.25. The number of carbonyl (C=O) groups is 1. The first-order chi connectivity index (χ1) is 5.79. The van der Waals surface area contributed by atoms with E-state index in [-0.39, 0.29) is 6.10 Å². The highest BCUT2D eigenvalue weighted by atomic mass is 16.5. The Morgan fingerprint density at radius 3 is 3.33 bits per heavy atom. The summed E-state index contributed by atoms with van der Waals surface area (Å²) in [5.74, 6) is -0.445. The number of aliphatic imine (C=N–C) groups is 1. The fraction of sp³-hybridized carbons (Fsp3) is 0.250. The van der Waals surface area contributed by atoms with Crippen molar-refractivity contribution in [2.75, 3.05) is 6.54 Å². The second-order valence-electron chi connectivity index (χ2n) is 2.66. The fourth-order valence-corrected chi connectivity index (χ4v) is 1.29. The molecule has 1 atom stereocenters. The van der Waals surface area contributed by atoms with E-state index in [1.54, 1.807) is 12.3 Å². The van der Waals surface area contributed by atoms with Gasteiger partial charge in [0.2, 0.25) is 0 Å². The molecule has 2 aliphatic heterocycles. The lowest BCUT2D eigenvalue weighted by Crippen LogP contribution is -2.21. The van der Waals surface area contributed by atoms with E-state index in [1.165, 1.54) is 6.26 Å². The van der Waals surface area contributed by atoms with Crippen molar-refractivity contribution < 1.29 is 9.53 Å². The maximum Gasteiger partial charge on any atom is 0.252 e. The molecule has 0 spiro atoms. The van der Waals surface area contributed by atoms with Crippen molar-refractivity contribution >= 4 is 12.1 Å². The monoisotopic (exact) mass is 164 g/mol. The van der Waals surface area contributed by atoms with Crippen LogP contribution in [0.3, 0.4) is 0 Å². The number of carbonyl (C=O) groups excluding carboxylic acids is 1. The molecule has 0 aliphatic carbocycles. The first kappa shape index (κ1) is 7.09. The molecule has 0 aromatic rings. The molecule has 0 radical (unpaired) electrons. The van der Waals surface area contributed by atoms with Gasteiger partial charge in [0.1, 0.15) is 6.10 Å². The number of ether oxygens (including phenoxy) is 1. The zero-order chi connectivity index (χ0) is 8.55. The van der Waals surface area contributed by atoms with Crippen molar-refractivity contribution in [2.24, 2.45) is 10.7 Å². The minimum Gasteiger partial charge on any atom is -0.491 e. The van der Waals surface area contributed by atoms with Gasteiger partial charge >= 0.3 is 0 Å². The molecule has 2 aliphatic rings. The maximum absolute atomic E-state index is 10.8. The molecule has 0 saturated carbocycles. The molecular weight excluding hydrogens is 156 g/mol. The summed E-state index contributed by atoms with van der Waals surface area (Å²) in [5.41, 5.74) is 6.44. The third-order valence-electron chi connectivity index (χ3n) is 1.90. The molecule has 1 amide bonds. The molecule has 4 nitrogen and oxygen atoms in total. The molecule has 0 fully saturated rings.